The lowest BCUT2D eigenvalue weighted by atomic mass is 10.1. The molecule has 0 aliphatic carbocycles. The Labute approximate surface area is 135 Å². The van der Waals surface area contributed by atoms with E-state index in [9.17, 15) is 9.90 Å². The van der Waals surface area contributed by atoms with Crippen molar-refractivity contribution in [2.24, 2.45) is 0 Å². The highest BCUT2D eigenvalue weighted by atomic mass is 16.5. The molecule has 1 unspecified atom stereocenters. The molecule has 0 spiro atoms. The fourth-order valence-corrected chi connectivity index (χ4v) is 2.18. The van der Waals surface area contributed by atoms with Gasteiger partial charge in [0.25, 0.3) is 0 Å². The number of aromatic nitrogens is 2. The van der Waals surface area contributed by atoms with Crippen LogP contribution in [0.2, 0.25) is 0 Å². The highest BCUT2D eigenvalue weighted by Gasteiger charge is 2.21. The Balaban J connectivity index is 2.04. The van der Waals surface area contributed by atoms with Crippen LogP contribution in [0, 0.1) is 0 Å². The maximum atomic E-state index is 11.5. The predicted molar refractivity (Wildman–Crippen MR) is 86.7 cm³/mol. The van der Waals surface area contributed by atoms with Crippen LogP contribution in [-0.4, -0.2) is 39.2 Å². The summed E-state index contributed by atoms with van der Waals surface area (Å²) >= 11 is 0. The topological polar surface area (TPSA) is 79.5 Å². The van der Waals surface area contributed by atoms with Crippen LogP contribution in [0.4, 0.5) is 0 Å². The molecule has 0 radical (unpaired) electrons. The zero-order valence-electron chi connectivity index (χ0n) is 13.3. The molecule has 1 N–H and O–H groups in total. The van der Waals surface area contributed by atoms with Crippen molar-refractivity contribution in [3.63, 3.8) is 0 Å². The molecule has 2 aromatic rings. The molecule has 0 bridgehead atoms. The van der Waals surface area contributed by atoms with Crippen LogP contribution >= 0.6 is 0 Å². The Morgan fingerprint density at radius 2 is 2.13 bits per heavy atom. The highest BCUT2D eigenvalue weighted by molar-refractivity contribution is 5.77. The van der Waals surface area contributed by atoms with Crippen molar-refractivity contribution in [2.45, 2.75) is 32.4 Å². The van der Waals surface area contributed by atoms with Gasteiger partial charge in [0.2, 0.25) is 5.89 Å². The van der Waals surface area contributed by atoms with Crippen molar-refractivity contribution in [1.29, 1.82) is 0 Å². The van der Waals surface area contributed by atoms with E-state index < -0.39 is 12.0 Å². The number of likely N-dealkylation sites (N-methyl/N-ethyl adjacent to an activating group) is 1. The SMILES string of the molecule is CCCc1noc(CN(C)C(/C=C/c2ccccc2)C(=O)O)n1. The van der Waals surface area contributed by atoms with Crippen molar-refractivity contribution >= 4 is 12.0 Å². The summed E-state index contributed by atoms with van der Waals surface area (Å²) in [4.78, 5) is 17.4. The van der Waals surface area contributed by atoms with E-state index in [1.165, 1.54) is 0 Å². The highest BCUT2D eigenvalue weighted by Crippen LogP contribution is 2.10. The van der Waals surface area contributed by atoms with Crippen LogP contribution < -0.4 is 0 Å². The molecule has 1 atom stereocenters. The van der Waals surface area contributed by atoms with E-state index >= 15 is 0 Å². The maximum Gasteiger partial charge on any atom is 0.324 e. The molecule has 23 heavy (non-hydrogen) atoms. The van der Waals surface area contributed by atoms with Crippen molar-refractivity contribution in [3.8, 4) is 0 Å². The third kappa shape index (κ3) is 5.03. The van der Waals surface area contributed by atoms with Crippen molar-refractivity contribution in [2.75, 3.05) is 7.05 Å². The summed E-state index contributed by atoms with van der Waals surface area (Å²) < 4.78 is 5.16. The molecule has 0 amide bonds. The first-order chi connectivity index (χ1) is 11.1. The molecule has 0 saturated heterocycles. The van der Waals surface area contributed by atoms with Gasteiger partial charge in [0.1, 0.15) is 6.04 Å². The minimum absolute atomic E-state index is 0.285. The predicted octanol–water partition coefficient (Wildman–Crippen LogP) is 2.62. The van der Waals surface area contributed by atoms with Gasteiger partial charge in [-0.3, -0.25) is 9.69 Å². The van der Waals surface area contributed by atoms with E-state index in [4.69, 9.17) is 4.52 Å². The third-order valence-electron chi connectivity index (χ3n) is 3.37. The number of nitrogens with zero attached hydrogens (tertiary/aromatic N) is 3. The van der Waals surface area contributed by atoms with Crippen LogP contribution in [0.5, 0.6) is 0 Å². The molecule has 0 saturated carbocycles. The van der Waals surface area contributed by atoms with Crippen molar-refractivity contribution < 1.29 is 14.4 Å². The van der Waals surface area contributed by atoms with E-state index in [-0.39, 0.29) is 6.54 Å². The Morgan fingerprint density at radius 1 is 1.39 bits per heavy atom. The largest absolute Gasteiger partial charge is 0.480 e. The molecule has 6 heteroatoms. The van der Waals surface area contributed by atoms with Crippen molar-refractivity contribution in [1.82, 2.24) is 15.0 Å². The van der Waals surface area contributed by atoms with Gasteiger partial charge in [-0.05, 0) is 19.0 Å². The second kappa shape index (κ2) is 8.24. The quantitative estimate of drug-likeness (QED) is 0.806. The first-order valence-corrected chi connectivity index (χ1v) is 7.58. The van der Waals surface area contributed by atoms with Gasteiger partial charge in [-0.25, -0.2) is 0 Å². The summed E-state index contributed by atoms with van der Waals surface area (Å²) in [6.07, 6.45) is 5.14. The van der Waals surface area contributed by atoms with E-state index in [1.54, 1.807) is 24.1 Å². The van der Waals surface area contributed by atoms with Gasteiger partial charge in [-0.2, -0.15) is 4.98 Å². The zero-order chi connectivity index (χ0) is 16.7. The minimum atomic E-state index is -0.923. The number of carboxylic acids is 1. The fraction of sp³-hybridized carbons (Fsp3) is 0.353. The summed E-state index contributed by atoms with van der Waals surface area (Å²) in [5.74, 6) is 0.158. The number of carboxylic acid groups (broad SMARTS) is 1. The van der Waals surface area contributed by atoms with Crippen LogP contribution in [0.25, 0.3) is 6.08 Å². The van der Waals surface area contributed by atoms with Gasteiger partial charge in [0, 0.05) is 6.42 Å². The van der Waals surface area contributed by atoms with Crippen LogP contribution in [-0.2, 0) is 17.8 Å². The average molecular weight is 315 g/mol. The lowest BCUT2D eigenvalue weighted by molar-refractivity contribution is -0.141. The van der Waals surface area contributed by atoms with E-state index in [0.29, 0.717) is 11.7 Å². The number of aryl methyl sites for hydroxylation is 1. The maximum absolute atomic E-state index is 11.5. The number of benzene rings is 1. The van der Waals surface area contributed by atoms with E-state index in [0.717, 1.165) is 18.4 Å². The van der Waals surface area contributed by atoms with E-state index in [1.807, 2.05) is 37.3 Å². The molecule has 0 fully saturated rings. The number of hydrogen-bond acceptors (Lipinski definition) is 5. The Bertz CT molecular complexity index is 652. The Morgan fingerprint density at radius 3 is 2.78 bits per heavy atom. The summed E-state index contributed by atoms with van der Waals surface area (Å²) in [5.41, 5.74) is 0.954. The Kier molecular flexibility index (Phi) is 6.05. The summed E-state index contributed by atoms with van der Waals surface area (Å²) in [6.45, 7) is 2.32. The molecule has 122 valence electrons. The molecule has 6 nitrogen and oxygen atoms in total. The molecule has 0 aliphatic heterocycles. The molecule has 1 heterocycles. The molecule has 1 aromatic heterocycles. The second-order valence-corrected chi connectivity index (χ2v) is 5.32. The summed E-state index contributed by atoms with van der Waals surface area (Å²) in [6, 6.07) is 8.81. The van der Waals surface area contributed by atoms with Gasteiger partial charge in [0.05, 0.1) is 6.54 Å². The van der Waals surface area contributed by atoms with Gasteiger partial charge in [-0.15, -0.1) is 0 Å². The number of aliphatic carboxylic acids is 1. The zero-order valence-corrected chi connectivity index (χ0v) is 13.3. The average Bonchev–Trinajstić information content (AvgIpc) is 2.95. The fourth-order valence-electron chi connectivity index (χ4n) is 2.18. The molecular formula is C17H21N3O3. The summed E-state index contributed by atoms with van der Waals surface area (Å²) in [7, 11) is 1.72. The first-order valence-electron chi connectivity index (χ1n) is 7.58. The van der Waals surface area contributed by atoms with Gasteiger partial charge in [-0.1, -0.05) is 54.6 Å². The molecule has 0 aliphatic rings. The molecule has 2 rings (SSSR count). The first kappa shape index (κ1) is 16.9. The Hall–Kier alpha value is -2.47. The molecular weight excluding hydrogens is 294 g/mol. The number of carbonyl (C=O) groups is 1. The normalized spacial score (nSPS) is 12.8. The van der Waals surface area contributed by atoms with Gasteiger partial charge >= 0.3 is 5.97 Å². The van der Waals surface area contributed by atoms with Gasteiger partial charge in [0.15, 0.2) is 5.82 Å². The molecule has 1 aromatic carbocycles. The van der Waals surface area contributed by atoms with Crippen molar-refractivity contribution in [3.05, 3.63) is 53.7 Å². The second-order valence-electron chi connectivity index (χ2n) is 5.32. The lowest BCUT2D eigenvalue weighted by Crippen LogP contribution is -2.36. The monoisotopic (exact) mass is 315 g/mol. The van der Waals surface area contributed by atoms with Crippen LogP contribution in [0.15, 0.2) is 40.9 Å². The summed E-state index contributed by atoms with van der Waals surface area (Å²) in [5, 5.41) is 13.3. The van der Waals surface area contributed by atoms with E-state index in [2.05, 4.69) is 10.1 Å². The van der Waals surface area contributed by atoms with Crippen LogP contribution in [0.3, 0.4) is 0 Å². The van der Waals surface area contributed by atoms with Gasteiger partial charge < -0.3 is 9.63 Å². The third-order valence-corrected chi connectivity index (χ3v) is 3.37. The smallest absolute Gasteiger partial charge is 0.324 e. The number of hydrogen-bond donors (Lipinski definition) is 1. The van der Waals surface area contributed by atoms with Crippen LogP contribution in [0.1, 0.15) is 30.6 Å². The minimum Gasteiger partial charge on any atom is -0.480 e. The lowest BCUT2D eigenvalue weighted by Gasteiger charge is -2.19. The standard InChI is InChI=1S/C17H21N3O3/c1-3-7-15-18-16(23-19-15)12-20(2)14(17(21)22)11-10-13-8-5-4-6-9-13/h4-6,8-11,14H,3,7,12H2,1-2H3,(H,21,22)/b11-10+. The number of rotatable bonds is 8.